The van der Waals surface area contributed by atoms with Crippen LogP contribution in [0.3, 0.4) is 0 Å². The second kappa shape index (κ2) is 5.49. The second-order valence-electron chi connectivity index (χ2n) is 4.50. The Labute approximate surface area is 106 Å². The van der Waals surface area contributed by atoms with E-state index in [4.69, 9.17) is 4.74 Å². The zero-order chi connectivity index (χ0) is 13.8. The summed E-state index contributed by atoms with van der Waals surface area (Å²) in [5.41, 5.74) is -0.689. The molecule has 0 aliphatic rings. The maximum Gasteiger partial charge on any atom is 0.241 e. The second-order valence-corrected chi connectivity index (χ2v) is 6.22. The van der Waals surface area contributed by atoms with E-state index in [9.17, 15) is 13.2 Å². The summed E-state index contributed by atoms with van der Waals surface area (Å²) < 4.78 is 34.8. The fraction of sp³-hybridized carbons (Fsp3) is 0.600. The molecule has 0 radical (unpaired) electrons. The van der Waals surface area contributed by atoms with Crippen molar-refractivity contribution in [2.24, 2.45) is 5.41 Å². The van der Waals surface area contributed by atoms with Gasteiger partial charge in [-0.15, -0.1) is 0 Å². The van der Waals surface area contributed by atoms with Crippen LogP contribution in [-0.2, 0) is 25.3 Å². The lowest BCUT2D eigenvalue weighted by molar-refractivity contribution is -0.130. The summed E-state index contributed by atoms with van der Waals surface area (Å²) in [7, 11) is -2.34. The molecule has 0 aliphatic heterocycles. The Balaban J connectivity index is 2.69. The molecule has 1 N–H and O–H groups in total. The van der Waals surface area contributed by atoms with Gasteiger partial charge >= 0.3 is 0 Å². The first kappa shape index (κ1) is 14.7. The third-order valence-electron chi connectivity index (χ3n) is 2.20. The molecule has 18 heavy (non-hydrogen) atoms. The number of aromatic nitrogens is 1. The number of carbonyl (C=O) groups excluding carboxylic acids is 1. The molecule has 7 nitrogen and oxygen atoms in total. The third-order valence-corrected chi connectivity index (χ3v) is 3.37. The average molecular weight is 276 g/mol. The number of sulfonamides is 1. The molecule has 1 rings (SSSR count). The van der Waals surface area contributed by atoms with Crippen molar-refractivity contribution in [2.75, 3.05) is 13.7 Å². The predicted molar refractivity (Wildman–Crippen MR) is 62.9 cm³/mol. The number of carbonyl (C=O) groups is 1. The standard InChI is InChI=1S/C10H16N2O5S/c1-10(2,7-16-3)9(13)12-18(14,15)6-8-4-5-17-11-8/h4-5H,6-7H2,1-3H3,(H,12,13). The maximum absolute atomic E-state index is 11.8. The van der Waals surface area contributed by atoms with Gasteiger partial charge < -0.3 is 9.26 Å². The normalized spacial score (nSPS) is 12.4. The van der Waals surface area contributed by atoms with E-state index >= 15 is 0 Å². The monoisotopic (exact) mass is 276 g/mol. The van der Waals surface area contributed by atoms with E-state index in [2.05, 4.69) is 9.68 Å². The van der Waals surface area contributed by atoms with Gasteiger partial charge in [-0.05, 0) is 13.8 Å². The Bertz CT molecular complexity index is 492. The van der Waals surface area contributed by atoms with Gasteiger partial charge in [0.1, 0.15) is 17.7 Å². The summed E-state index contributed by atoms with van der Waals surface area (Å²) in [6.45, 7) is 3.31. The fourth-order valence-corrected chi connectivity index (χ4v) is 2.42. The van der Waals surface area contributed by atoms with Crippen molar-refractivity contribution in [1.29, 1.82) is 0 Å². The quantitative estimate of drug-likeness (QED) is 0.802. The Kier molecular flexibility index (Phi) is 4.47. The number of hydrogen-bond donors (Lipinski definition) is 1. The molecule has 0 bridgehead atoms. The van der Waals surface area contributed by atoms with Gasteiger partial charge in [0.05, 0.1) is 12.0 Å². The summed E-state index contributed by atoms with van der Waals surface area (Å²) in [5.74, 6) is -1.02. The Morgan fingerprint density at radius 2 is 2.22 bits per heavy atom. The Morgan fingerprint density at radius 3 is 2.72 bits per heavy atom. The highest BCUT2D eigenvalue weighted by Gasteiger charge is 2.31. The molecule has 102 valence electrons. The highest BCUT2D eigenvalue weighted by molar-refractivity contribution is 7.89. The zero-order valence-electron chi connectivity index (χ0n) is 10.5. The molecule has 0 atom stereocenters. The summed E-state index contributed by atoms with van der Waals surface area (Å²) in [5, 5.41) is 3.48. The molecule has 1 aromatic rings. The molecule has 0 unspecified atom stereocenters. The van der Waals surface area contributed by atoms with Crippen molar-refractivity contribution in [3.63, 3.8) is 0 Å². The molecule has 1 heterocycles. The van der Waals surface area contributed by atoms with Crippen LogP contribution in [0.2, 0.25) is 0 Å². The predicted octanol–water partition coefficient (Wildman–Crippen LogP) is 0.293. The SMILES string of the molecule is COCC(C)(C)C(=O)NS(=O)(=O)Cc1ccon1. The number of amides is 1. The van der Waals surface area contributed by atoms with Crippen LogP contribution in [0.5, 0.6) is 0 Å². The largest absolute Gasteiger partial charge is 0.384 e. The number of rotatable bonds is 6. The third kappa shape index (κ3) is 4.11. The molecule has 1 aromatic heterocycles. The number of ether oxygens (including phenoxy) is 1. The smallest absolute Gasteiger partial charge is 0.241 e. The van der Waals surface area contributed by atoms with Crippen molar-refractivity contribution in [2.45, 2.75) is 19.6 Å². The van der Waals surface area contributed by atoms with Crippen molar-refractivity contribution in [3.8, 4) is 0 Å². The van der Waals surface area contributed by atoms with E-state index in [1.165, 1.54) is 19.4 Å². The average Bonchev–Trinajstić information content (AvgIpc) is 2.68. The number of nitrogens with one attached hydrogen (secondary N) is 1. The van der Waals surface area contributed by atoms with Crippen LogP contribution < -0.4 is 4.72 Å². The van der Waals surface area contributed by atoms with E-state index < -0.39 is 27.1 Å². The number of methoxy groups -OCH3 is 1. The lowest BCUT2D eigenvalue weighted by Crippen LogP contribution is -2.43. The maximum atomic E-state index is 11.8. The van der Waals surface area contributed by atoms with Crippen LogP contribution in [0, 0.1) is 5.41 Å². The number of hydrogen-bond acceptors (Lipinski definition) is 6. The molecular formula is C10H16N2O5S. The van der Waals surface area contributed by atoms with Crippen molar-refractivity contribution in [1.82, 2.24) is 9.88 Å². The van der Waals surface area contributed by atoms with Crippen LogP contribution in [-0.4, -0.2) is 33.2 Å². The summed E-state index contributed by atoms with van der Waals surface area (Å²) >= 11 is 0. The molecule has 0 spiro atoms. The van der Waals surface area contributed by atoms with Gasteiger partial charge in [0.25, 0.3) is 0 Å². The first-order chi connectivity index (χ1) is 8.27. The van der Waals surface area contributed by atoms with Gasteiger partial charge in [-0.1, -0.05) is 5.16 Å². The lowest BCUT2D eigenvalue weighted by Gasteiger charge is -2.21. The summed E-state index contributed by atoms with van der Waals surface area (Å²) in [6.07, 6.45) is 1.27. The van der Waals surface area contributed by atoms with Crippen LogP contribution in [0.4, 0.5) is 0 Å². The van der Waals surface area contributed by atoms with Crippen LogP contribution >= 0.6 is 0 Å². The van der Waals surface area contributed by atoms with Crippen molar-refractivity contribution >= 4 is 15.9 Å². The van der Waals surface area contributed by atoms with Gasteiger partial charge in [0.2, 0.25) is 15.9 Å². The minimum Gasteiger partial charge on any atom is -0.384 e. The molecule has 8 heteroatoms. The van der Waals surface area contributed by atoms with E-state index in [-0.39, 0.29) is 12.3 Å². The minimum absolute atomic E-state index is 0.123. The topological polar surface area (TPSA) is 98.5 Å². The summed E-state index contributed by atoms with van der Waals surface area (Å²) in [6, 6.07) is 1.42. The highest BCUT2D eigenvalue weighted by Crippen LogP contribution is 2.16. The Morgan fingerprint density at radius 1 is 1.56 bits per heavy atom. The fourth-order valence-electron chi connectivity index (χ4n) is 1.25. The first-order valence-electron chi connectivity index (χ1n) is 5.20. The van der Waals surface area contributed by atoms with Crippen molar-refractivity contribution in [3.05, 3.63) is 18.0 Å². The van der Waals surface area contributed by atoms with Crippen LogP contribution in [0.1, 0.15) is 19.5 Å². The molecule has 0 saturated carbocycles. The number of nitrogens with zero attached hydrogens (tertiary/aromatic N) is 1. The highest BCUT2D eigenvalue weighted by atomic mass is 32.2. The van der Waals surface area contributed by atoms with E-state index in [1.807, 2.05) is 4.72 Å². The molecule has 1 amide bonds. The molecule has 0 aliphatic carbocycles. The van der Waals surface area contributed by atoms with E-state index in [1.54, 1.807) is 13.8 Å². The van der Waals surface area contributed by atoms with Crippen molar-refractivity contribution < 1.29 is 22.5 Å². The van der Waals surface area contributed by atoms with Gasteiger partial charge in [-0.25, -0.2) is 8.42 Å². The Hall–Kier alpha value is -1.41. The van der Waals surface area contributed by atoms with E-state index in [0.29, 0.717) is 0 Å². The molecular weight excluding hydrogens is 260 g/mol. The van der Waals surface area contributed by atoms with Gasteiger partial charge in [-0.3, -0.25) is 9.52 Å². The lowest BCUT2D eigenvalue weighted by atomic mass is 9.94. The van der Waals surface area contributed by atoms with E-state index in [0.717, 1.165) is 0 Å². The summed E-state index contributed by atoms with van der Waals surface area (Å²) in [4.78, 5) is 11.8. The zero-order valence-corrected chi connectivity index (χ0v) is 11.3. The van der Waals surface area contributed by atoms with Gasteiger partial charge in [-0.2, -0.15) is 0 Å². The van der Waals surface area contributed by atoms with Gasteiger partial charge in [0.15, 0.2) is 0 Å². The van der Waals surface area contributed by atoms with Gasteiger partial charge in [0, 0.05) is 13.2 Å². The first-order valence-corrected chi connectivity index (χ1v) is 6.85. The molecule has 0 aromatic carbocycles. The van der Waals surface area contributed by atoms with Crippen LogP contribution in [0.15, 0.2) is 16.9 Å². The minimum atomic E-state index is -3.78. The molecule has 0 saturated heterocycles. The molecule has 0 fully saturated rings. The van der Waals surface area contributed by atoms with Crippen LogP contribution in [0.25, 0.3) is 0 Å².